The molecule has 0 aromatic carbocycles. The third-order valence-corrected chi connectivity index (χ3v) is 6.93. The maximum atomic E-state index is 6.88. The molecule has 1 aromatic rings. The summed E-state index contributed by atoms with van der Waals surface area (Å²) in [5.74, 6) is 3.48. The Morgan fingerprint density at radius 2 is 2.15 bits per heavy atom. The van der Waals surface area contributed by atoms with Gasteiger partial charge in [0.25, 0.3) is 0 Å². The van der Waals surface area contributed by atoms with E-state index >= 15 is 0 Å². The minimum atomic E-state index is -0.0416. The third-order valence-electron chi connectivity index (χ3n) is 6.44. The quantitative estimate of drug-likeness (QED) is 0.911. The standard InChI is InChI=1S/C16H24ClN3/c1-9-15(17)14(20(2)19-9)8-16(18)7-10-6-13(16)12-5-3-4-11(10)12/h10-13H,3-8,18H2,1-2H3. The number of aromatic nitrogens is 2. The Balaban J connectivity index is 1.63. The Morgan fingerprint density at radius 3 is 2.85 bits per heavy atom. The molecule has 5 atom stereocenters. The van der Waals surface area contributed by atoms with Crippen LogP contribution in [0.2, 0.25) is 5.02 Å². The van der Waals surface area contributed by atoms with Crippen molar-refractivity contribution in [3.8, 4) is 0 Å². The number of halogens is 1. The van der Waals surface area contributed by atoms with Crippen molar-refractivity contribution in [2.45, 2.75) is 51.0 Å². The van der Waals surface area contributed by atoms with Crippen molar-refractivity contribution in [1.82, 2.24) is 9.78 Å². The summed E-state index contributed by atoms with van der Waals surface area (Å²) in [5, 5.41) is 5.26. The summed E-state index contributed by atoms with van der Waals surface area (Å²) >= 11 is 6.43. The van der Waals surface area contributed by atoms with Crippen LogP contribution in [0.25, 0.3) is 0 Å². The van der Waals surface area contributed by atoms with Crippen LogP contribution in [0, 0.1) is 30.6 Å². The molecule has 4 rings (SSSR count). The molecule has 3 fully saturated rings. The van der Waals surface area contributed by atoms with E-state index in [9.17, 15) is 0 Å². The SMILES string of the molecule is Cc1nn(C)c(CC2(N)CC3CC2C2CCCC32)c1Cl. The Labute approximate surface area is 125 Å². The van der Waals surface area contributed by atoms with Crippen molar-refractivity contribution in [3.63, 3.8) is 0 Å². The molecule has 1 aromatic heterocycles. The third kappa shape index (κ3) is 1.66. The summed E-state index contributed by atoms with van der Waals surface area (Å²) < 4.78 is 1.93. The lowest BCUT2D eigenvalue weighted by molar-refractivity contribution is 0.154. The minimum Gasteiger partial charge on any atom is -0.324 e. The molecule has 2 N–H and O–H groups in total. The highest BCUT2D eigenvalue weighted by Gasteiger charge is 2.59. The van der Waals surface area contributed by atoms with Crippen LogP contribution in [0.3, 0.4) is 0 Å². The van der Waals surface area contributed by atoms with Gasteiger partial charge >= 0.3 is 0 Å². The maximum Gasteiger partial charge on any atom is 0.0847 e. The van der Waals surface area contributed by atoms with E-state index in [1.165, 1.54) is 32.1 Å². The highest BCUT2D eigenvalue weighted by atomic mass is 35.5. The van der Waals surface area contributed by atoms with Gasteiger partial charge in [0.2, 0.25) is 0 Å². The monoisotopic (exact) mass is 293 g/mol. The van der Waals surface area contributed by atoms with E-state index in [4.69, 9.17) is 17.3 Å². The zero-order valence-corrected chi connectivity index (χ0v) is 13.2. The van der Waals surface area contributed by atoms with Gasteiger partial charge in [-0.1, -0.05) is 18.0 Å². The van der Waals surface area contributed by atoms with Crippen LogP contribution in [0.4, 0.5) is 0 Å². The van der Waals surface area contributed by atoms with Crippen LogP contribution in [0.1, 0.15) is 43.5 Å². The van der Waals surface area contributed by atoms with Gasteiger partial charge in [0, 0.05) is 19.0 Å². The molecule has 20 heavy (non-hydrogen) atoms. The predicted octanol–water partition coefficient (Wildman–Crippen LogP) is 3.08. The van der Waals surface area contributed by atoms with Crippen molar-refractivity contribution in [1.29, 1.82) is 0 Å². The summed E-state index contributed by atoms with van der Waals surface area (Å²) in [4.78, 5) is 0. The second-order valence-corrected chi connectivity index (χ2v) is 7.82. The van der Waals surface area contributed by atoms with Gasteiger partial charge in [-0.3, -0.25) is 4.68 Å². The van der Waals surface area contributed by atoms with Crippen LogP contribution in [-0.2, 0) is 13.5 Å². The molecule has 1 heterocycles. The first-order chi connectivity index (χ1) is 9.49. The fourth-order valence-electron chi connectivity index (χ4n) is 5.70. The molecule has 5 unspecified atom stereocenters. The van der Waals surface area contributed by atoms with Gasteiger partial charge in [0.05, 0.1) is 16.4 Å². The van der Waals surface area contributed by atoms with Crippen LogP contribution >= 0.6 is 11.6 Å². The van der Waals surface area contributed by atoms with E-state index in [-0.39, 0.29) is 5.54 Å². The van der Waals surface area contributed by atoms with Gasteiger partial charge in [-0.05, 0) is 56.3 Å². The Kier molecular flexibility index (Phi) is 2.78. The normalized spacial score (nSPS) is 42.4. The van der Waals surface area contributed by atoms with Crippen LogP contribution in [0.15, 0.2) is 0 Å². The topological polar surface area (TPSA) is 43.8 Å². The Morgan fingerprint density at radius 1 is 1.40 bits per heavy atom. The fourth-order valence-corrected chi connectivity index (χ4v) is 5.93. The molecule has 0 spiro atoms. The molecular weight excluding hydrogens is 270 g/mol. The average Bonchev–Trinajstić information content (AvgIpc) is 3.08. The fraction of sp³-hybridized carbons (Fsp3) is 0.812. The molecule has 3 nitrogen and oxygen atoms in total. The number of fused-ring (bicyclic) bond motifs is 5. The second-order valence-electron chi connectivity index (χ2n) is 7.44. The molecule has 4 heteroatoms. The zero-order valence-electron chi connectivity index (χ0n) is 12.4. The number of aryl methyl sites for hydroxylation is 2. The minimum absolute atomic E-state index is 0.0416. The average molecular weight is 294 g/mol. The summed E-state index contributed by atoms with van der Waals surface area (Å²) in [6.45, 7) is 1.98. The van der Waals surface area contributed by atoms with Gasteiger partial charge in [0.15, 0.2) is 0 Å². The lowest BCUT2D eigenvalue weighted by Gasteiger charge is -2.40. The summed E-state index contributed by atoms with van der Waals surface area (Å²) in [5.41, 5.74) is 8.90. The molecule has 0 aliphatic heterocycles. The first kappa shape index (κ1) is 13.1. The van der Waals surface area contributed by atoms with Crippen LogP contribution in [0.5, 0.6) is 0 Å². The lowest BCUT2D eigenvalue weighted by atomic mass is 9.69. The first-order valence-corrected chi connectivity index (χ1v) is 8.34. The molecule has 110 valence electrons. The number of hydrogen-bond donors (Lipinski definition) is 1. The number of nitrogens with two attached hydrogens (primary N) is 1. The van der Waals surface area contributed by atoms with E-state index in [1.807, 2.05) is 18.7 Å². The number of hydrogen-bond acceptors (Lipinski definition) is 2. The van der Waals surface area contributed by atoms with Gasteiger partial charge < -0.3 is 5.73 Å². The molecule has 0 saturated heterocycles. The van der Waals surface area contributed by atoms with Gasteiger partial charge in [0.1, 0.15) is 0 Å². The Bertz CT molecular complexity index is 552. The molecule has 0 amide bonds. The summed E-state index contributed by atoms with van der Waals surface area (Å²) in [7, 11) is 1.99. The smallest absolute Gasteiger partial charge is 0.0847 e. The van der Waals surface area contributed by atoms with Crippen molar-refractivity contribution < 1.29 is 0 Å². The van der Waals surface area contributed by atoms with Crippen molar-refractivity contribution in [2.24, 2.45) is 36.5 Å². The largest absolute Gasteiger partial charge is 0.324 e. The molecule has 3 aliphatic rings. The maximum absolute atomic E-state index is 6.88. The Hall–Kier alpha value is -0.540. The molecule has 0 radical (unpaired) electrons. The molecule has 2 bridgehead atoms. The number of nitrogens with zero attached hydrogens (tertiary/aromatic N) is 2. The van der Waals surface area contributed by atoms with Gasteiger partial charge in [-0.15, -0.1) is 0 Å². The first-order valence-electron chi connectivity index (χ1n) is 7.96. The molecule has 3 aliphatic carbocycles. The van der Waals surface area contributed by atoms with Gasteiger partial charge in [-0.25, -0.2) is 0 Å². The summed E-state index contributed by atoms with van der Waals surface area (Å²) in [6, 6.07) is 0. The van der Waals surface area contributed by atoms with E-state index in [0.29, 0.717) is 5.92 Å². The van der Waals surface area contributed by atoms with E-state index < -0.39 is 0 Å². The van der Waals surface area contributed by atoms with Gasteiger partial charge in [-0.2, -0.15) is 5.10 Å². The summed E-state index contributed by atoms with van der Waals surface area (Å²) in [6.07, 6.45) is 7.73. The van der Waals surface area contributed by atoms with Crippen LogP contribution in [-0.4, -0.2) is 15.3 Å². The predicted molar refractivity (Wildman–Crippen MR) is 80.6 cm³/mol. The van der Waals surface area contributed by atoms with E-state index in [0.717, 1.165) is 40.6 Å². The highest BCUT2D eigenvalue weighted by Crippen LogP contribution is 2.62. The zero-order chi connectivity index (χ0) is 14.1. The van der Waals surface area contributed by atoms with Crippen molar-refractivity contribution in [2.75, 3.05) is 0 Å². The number of rotatable bonds is 2. The van der Waals surface area contributed by atoms with E-state index in [1.54, 1.807) is 0 Å². The lowest BCUT2D eigenvalue weighted by Crippen LogP contribution is -2.51. The van der Waals surface area contributed by atoms with Crippen LogP contribution < -0.4 is 5.73 Å². The van der Waals surface area contributed by atoms with Crippen molar-refractivity contribution in [3.05, 3.63) is 16.4 Å². The van der Waals surface area contributed by atoms with E-state index in [2.05, 4.69) is 5.10 Å². The molecular formula is C16H24ClN3. The molecule has 3 saturated carbocycles. The van der Waals surface area contributed by atoms with Crippen molar-refractivity contribution >= 4 is 11.6 Å². The highest BCUT2D eigenvalue weighted by molar-refractivity contribution is 6.31. The second kappa shape index (κ2) is 4.23.